The summed E-state index contributed by atoms with van der Waals surface area (Å²) in [6, 6.07) is 10.0. The maximum Gasteiger partial charge on any atom is 0.424 e. The highest BCUT2D eigenvalue weighted by Gasteiger charge is 2.73. The number of carbonyl (C=O) groups excluding carboxylic acids is 1. The van der Waals surface area contributed by atoms with Crippen molar-refractivity contribution < 1.29 is 41.0 Å². The van der Waals surface area contributed by atoms with E-state index in [1.165, 1.54) is 11.4 Å². The van der Waals surface area contributed by atoms with Crippen LogP contribution in [-0.4, -0.2) is 29.3 Å². The summed E-state index contributed by atoms with van der Waals surface area (Å²) in [5.74, 6) is -3.03. The highest BCUT2D eigenvalue weighted by Crippen LogP contribution is 2.63. The highest BCUT2D eigenvalue weighted by molar-refractivity contribution is 5.88. The molecule has 0 bridgehead atoms. The fourth-order valence-corrected chi connectivity index (χ4v) is 7.81. The van der Waals surface area contributed by atoms with Crippen LogP contribution in [0.1, 0.15) is 72.0 Å². The predicted molar refractivity (Wildman–Crippen MR) is 130 cm³/mol. The summed E-state index contributed by atoms with van der Waals surface area (Å²) in [6.45, 7) is 1.83. The van der Waals surface area contributed by atoms with Gasteiger partial charge in [-0.3, -0.25) is 4.79 Å². The van der Waals surface area contributed by atoms with Crippen LogP contribution in [0.2, 0.25) is 0 Å². The molecule has 0 radical (unpaired) electrons. The molecule has 0 saturated heterocycles. The van der Waals surface area contributed by atoms with Crippen molar-refractivity contribution in [1.29, 1.82) is 0 Å². The first kappa shape index (κ1) is 27.5. The van der Waals surface area contributed by atoms with Crippen LogP contribution >= 0.6 is 0 Å². The number of nitrogens with one attached hydrogen (secondary N) is 1. The van der Waals surface area contributed by atoms with Crippen LogP contribution in [-0.2, 0) is 16.8 Å². The number of halogens is 6. The summed E-state index contributed by atoms with van der Waals surface area (Å²) >= 11 is 0. The van der Waals surface area contributed by atoms with E-state index in [-0.39, 0.29) is 29.7 Å². The topological polar surface area (TPSA) is 66.4 Å². The summed E-state index contributed by atoms with van der Waals surface area (Å²) in [6.07, 6.45) is -8.41. The van der Waals surface area contributed by atoms with Crippen LogP contribution in [0.4, 0.5) is 26.3 Å². The molecule has 3 aliphatic carbocycles. The lowest BCUT2D eigenvalue weighted by atomic mass is 9.54. The van der Waals surface area contributed by atoms with Crippen molar-refractivity contribution in [3.05, 3.63) is 70.8 Å². The van der Waals surface area contributed by atoms with Gasteiger partial charge in [-0.1, -0.05) is 43.3 Å². The smallest absolute Gasteiger partial charge is 0.424 e. The zero-order valence-electron chi connectivity index (χ0n) is 21.2. The van der Waals surface area contributed by atoms with Crippen molar-refractivity contribution in [2.45, 2.75) is 69.3 Å². The molecule has 2 fully saturated rings. The summed E-state index contributed by atoms with van der Waals surface area (Å²) in [7, 11) is 0. The molecule has 2 saturated carbocycles. The second-order valence-corrected chi connectivity index (χ2v) is 11.4. The number of aryl methyl sites for hydroxylation is 1. The number of benzene rings is 2. The lowest BCUT2D eigenvalue weighted by Gasteiger charge is -2.51. The van der Waals surface area contributed by atoms with Crippen LogP contribution in [0, 0.1) is 23.2 Å². The van der Waals surface area contributed by atoms with Gasteiger partial charge in [-0.25, -0.2) is 4.79 Å². The minimum atomic E-state index is -5.82. The van der Waals surface area contributed by atoms with Gasteiger partial charge in [0.25, 0.3) is 5.54 Å². The number of hydrogen-bond donors (Lipinski definition) is 2. The third kappa shape index (κ3) is 4.21. The Balaban J connectivity index is 1.44. The van der Waals surface area contributed by atoms with Gasteiger partial charge in [0, 0.05) is 5.92 Å². The summed E-state index contributed by atoms with van der Waals surface area (Å²) in [4.78, 5) is 24.9. The molecule has 0 spiro atoms. The maximum atomic E-state index is 14.3. The van der Waals surface area contributed by atoms with Crippen LogP contribution < -0.4 is 5.32 Å². The average Bonchev–Trinajstić information content (AvgIpc) is 3.23. The number of carboxylic acid groups (broad SMARTS) is 1. The molecule has 1 amide bonds. The number of carboxylic acids is 1. The third-order valence-corrected chi connectivity index (χ3v) is 9.66. The number of carbonyl (C=O) groups is 2. The minimum Gasteiger partial charge on any atom is -0.478 e. The lowest BCUT2D eigenvalue weighted by Crippen LogP contribution is -2.66. The molecule has 2 aromatic rings. The number of fused-ring (bicyclic) bond motifs is 5. The molecule has 210 valence electrons. The molecule has 0 heterocycles. The van der Waals surface area contributed by atoms with E-state index in [1.807, 2.05) is 13.0 Å². The number of hydrogen-bond acceptors (Lipinski definition) is 2. The van der Waals surface area contributed by atoms with Crippen molar-refractivity contribution in [3.8, 4) is 0 Å². The Hall–Kier alpha value is -3.04. The van der Waals surface area contributed by atoms with Crippen molar-refractivity contribution in [2.24, 2.45) is 23.2 Å². The first-order valence-corrected chi connectivity index (χ1v) is 13.1. The molecule has 3 aliphatic rings. The zero-order chi connectivity index (χ0) is 28.4. The van der Waals surface area contributed by atoms with E-state index in [2.05, 4.69) is 0 Å². The molecule has 0 aromatic heterocycles. The molecule has 5 rings (SSSR count). The largest absolute Gasteiger partial charge is 0.478 e. The van der Waals surface area contributed by atoms with Gasteiger partial charge in [0.15, 0.2) is 0 Å². The van der Waals surface area contributed by atoms with Gasteiger partial charge < -0.3 is 10.4 Å². The molecule has 4 nitrogen and oxygen atoms in total. The highest BCUT2D eigenvalue weighted by atomic mass is 19.4. The van der Waals surface area contributed by atoms with Crippen LogP contribution in [0.3, 0.4) is 0 Å². The Morgan fingerprint density at radius 3 is 2.21 bits per heavy atom. The third-order valence-electron chi connectivity index (χ3n) is 9.66. The number of aromatic carboxylic acids is 1. The molecular formula is C29H29F6NO3. The Labute approximate surface area is 221 Å². The van der Waals surface area contributed by atoms with E-state index < -0.39 is 46.7 Å². The average molecular weight is 554 g/mol. The summed E-state index contributed by atoms with van der Waals surface area (Å²) in [5.41, 5.74) is -4.11. The SMILES string of the molecule is C[C@]12CC[C@@H]3c4ccc(C(=O)O)cc4CC[C@H]3[C@@H]1CCC2C(=O)NC(c1ccccc1)(C(F)(F)F)C(F)(F)F. The molecule has 2 aromatic carbocycles. The van der Waals surface area contributed by atoms with Crippen molar-refractivity contribution in [2.75, 3.05) is 0 Å². The fraction of sp³-hybridized carbons (Fsp3) is 0.517. The van der Waals surface area contributed by atoms with Gasteiger partial charge in [0.1, 0.15) is 0 Å². The lowest BCUT2D eigenvalue weighted by molar-refractivity contribution is -0.312. The van der Waals surface area contributed by atoms with E-state index in [0.717, 1.165) is 41.8 Å². The van der Waals surface area contributed by atoms with Gasteiger partial charge in [-0.2, -0.15) is 26.3 Å². The van der Waals surface area contributed by atoms with E-state index in [4.69, 9.17) is 0 Å². The van der Waals surface area contributed by atoms with Crippen LogP contribution in [0.15, 0.2) is 48.5 Å². The van der Waals surface area contributed by atoms with Crippen molar-refractivity contribution >= 4 is 11.9 Å². The Kier molecular flexibility index (Phi) is 6.54. The number of amides is 1. The van der Waals surface area contributed by atoms with E-state index in [0.29, 0.717) is 25.7 Å². The second kappa shape index (κ2) is 9.27. The number of rotatable bonds is 4. The van der Waals surface area contributed by atoms with Gasteiger partial charge in [-0.05, 0) is 90.5 Å². The minimum absolute atomic E-state index is 0.0396. The summed E-state index contributed by atoms with van der Waals surface area (Å²) < 4.78 is 85.8. The monoisotopic (exact) mass is 553 g/mol. The Bertz CT molecular complexity index is 1260. The van der Waals surface area contributed by atoms with Crippen molar-refractivity contribution in [3.63, 3.8) is 0 Å². The van der Waals surface area contributed by atoms with Gasteiger partial charge in [-0.15, -0.1) is 0 Å². The molecular weight excluding hydrogens is 524 g/mol. The first-order valence-electron chi connectivity index (χ1n) is 13.1. The van der Waals surface area contributed by atoms with Crippen molar-refractivity contribution in [1.82, 2.24) is 5.32 Å². The Morgan fingerprint density at radius 1 is 0.923 bits per heavy atom. The fourth-order valence-electron chi connectivity index (χ4n) is 7.81. The van der Waals surface area contributed by atoms with Gasteiger partial charge in [0.05, 0.1) is 5.56 Å². The molecule has 0 aliphatic heterocycles. The van der Waals surface area contributed by atoms with Gasteiger partial charge in [0.2, 0.25) is 5.91 Å². The quantitative estimate of drug-likeness (QED) is 0.401. The molecule has 2 N–H and O–H groups in total. The second-order valence-electron chi connectivity index (χ2n) is 11.4. The first-order chi connectivity index (χ1) is 18.2. The maximum absolute atomic E-state index is 14.3. The van der Waals surface area contributed by atoms with Crippen LogP contribution in [0.25, 0.3) is 0 Å². The molecule has 39 heavy (non-hydrogen) atoms. The molecule has 5 atom stereocenters. The molecule has 1 unspecified atom stereocenters. The zero-order valence-corrected chi connectivity index (χ0v) is 21.2. The van der Waals surface area contributed by atoms with E-state index >= 15 is 0 Å². The van der Waals surface area contributed by atoms with Gasteiger partial charge >= 0.3 is 18.3 Å². The standard InChI is InChI=1S/C29H29F6NO3/c1-26-14-13-20-19-9-8-17(25(38)39)15-16(19)7-10-21(20)22(26)11-12-23(26)24(37)36-27(28(30,31)32,29(33,34)35)18-5-3-2-4-6-18/h2-6,8-9,15,20-23H,7,10-14H2,1H3,(H,36,37)(H,38,39)/t20-,21-,22+,23?,26+/m1/s1. The normalized spacial score (nSPS) is 28.7. The Morgan fingerprint density at radius 2 is 1.59 bits per heavy atom. The van der Waals surface area contributed by atoms with Crippen LogP contribution in [0.5, 0.6) is 0 Å². The van der Waals surface area contributed by atoms with E-state index in [1.54, 1.807) is 12.1 Å². The summed E-state index contributed by atoms with van der Waals surface area (Å²) in [5, 5.41) is 10.8. The predicted octanol–water partition coefficient (Wildman–Crippen LogP) is 6.99. The van der Waals surface area contributed by atoms with E-state index in [9.17, 15) is 41.0 Å². The number of alkyl halides is 6. The molecule has 10 heteroatoms.